The van der Waals surface area contributed by atoms with Gasteiger partial charge in [-0.3, -0.25) is 9.59 Å². The number of methoxy groups -OCH3 is 1. The maximum Gasteiger partial charge on any atom is 0.309 e. The van der Waals surface area contributed by atoms with Gasteiger partial charge >= 0.3 is 11.9 Å². The zero-order valence-corrected chi connectivity index (χ0v) is 10.4. The van der Waals surface area contributed by atoms with E-state index in [1.54, 1.807) is 13.8 Å². The summed E-state index contributed by atoms with van der Waals surface area (Å²) in [5, 5.41) is 18.1. The minimum Gasteiger partial charge on any atom is -0.481 e. The molecule has 2 atom stereocenters. The summed E-state index contributed by atoms with van der Waals surface area (Å²) in [7, 11) is 1.40. The van der Waals surface area contributed by atoms with Gasteiger partial charge in [-0.1, -0.05) is 13.8 Å². The molecule has 0 aromatic carbocycles. The maximum atomic E-state index is 11.1. The molecule has 0 saturated heterocycles. The van der Waals surface area contributed by atoms with Crippen molar-refractivity contribution in [1.82, 2.24) is 0 Å². The van der Waals surface area contributed by atoms with Crippen molar-refractivity contribution in [2.24, 2.45) is 11.8 Å². The van der Waals surface area contributed by atoms with Gasteiger partial charge in [-0.2, -0.15) is 0 Å². The summed E-state index contributed by atoms with van der Waals surface area (Å²) >= 11 is 0. The Hall–Kier alpha value is -1.14. The van der Waals surface area contributed by atoms with Crippen LogP contribution < -0.4 is 0 Å². The Kier molecular flexibility index (Phi) is 7.49. The molecule has 6 nitrogen and oxygen atoms in total. The smallest absolute Gasteiger partial charge is 0.309 e. The molecule has 2 unspecified atom stereocenters. The summed E-state index contributed by atoms with van der Waals surface area (Å²) in [5.41, 5.74) is 0. The highest BCUT2D eigenvalue weighted by Gasteiger charge is 2.37. The van der Waals surface area contributed by atoms with Crippen LogP contribution in [0.3, 0.4) is 0 Å². The van der Waals surface area contributed by atoms with Crippen LogP contribution in [0.25, 0.3) is 0 Å². The second kappa shape index (κ2) is 8.03. The summed E-state index contributed by atoms with van der Waals surface area (Å²) in [6.45, 7) is 3.27. The van der Waals surface area contributed by atoms with E-state index in [1.165, 1.54) is 7.11 Å². The third kappa shape index (κ3) is 4.70. The molecule has 17 heavy (non-hydrogen) atoms. The van der Waals surface area contributed by atoms with Gasteiger partial charge in [0.05, 0.1) is 17.9 Å². The topological polar surface area (TPSA) is 93.1 Å². The first-order valence-corrected chi connectivity index (χ1v) is 5.55. The molecule has 0 rings (SSSR count). The molecule has 6 heteroatoms. The van der Waals surface area contributed by atoms with Crippen LogP contribution in [0.5, 0.6) is 0 Å². The van der Waals surface area contributed by atoms with E-state index in [-0.39, 0.29) is 6.79 Å². The number of hydrogen-bond donors (Lipinski definition) is 2. The highest BCUT2D eigenvalue weighted by molar-refractivity contribution is 5.75. The van der Waals surface area contributed by atoms with E-state index in [1.807, 2.05) is 0 Å². The molecule has 100 valence electrons. The Labute approximate surface area is 101 Å². The van der Waals surface area contributed by atoms with Crippen LogP contribution in [-0.4, -0.2) is 42.2 Å². The van der Waals surface area contributed by atoms with Crippen molar-refractivity contribution in [1.29, 1.82) is 0 Å². The molecule has 0 aromatic rings. The number of carboxylic acid groups (broad SMARTS) is 2. The summed E-state index contributed by atoms with van der Waals surface area (Å²) in [5.74, 6) is -3.78. The van der Waals surface area contributed by atoms with Gasteiger partial charge in [-0.15, -0.1) is 0 Å². The van der Waals surface area contributed by atoms with Crippen molar-refractivity contribution in [3.63, 3.8) is 0 Å². The Morgan fingerprint density at radius 1 is 1.06 bits per heavy atom. The zero-order valence-electron chi connectivity index (χ0n) is 10.4. The monoisotopic (exact) mass is 248 g/mol. The minimum absolute atomic E-state index is 0.113. The Bertz CT molecular complexity index is 230. The molecule has 0 aliphatic rings. The predicted octanol–water partition coefficient (Wildman–Crippen LogP) is 1.20. The summed E-state index contributed by atoms with van der Waals surface area (Å²) in [6, 6.07) is 0. The lowest BCUT2D eigenvalue weighted by Crippen LogP contribution is -2.40. The maximum absolute atomic E-state index is 11.1. The summed E-state index contributed by atoms with van der Waals surface area (Å²) in [6.07, 6.45) is -0.249. The van der Waals surface area contributed by atoms with Gasteiger partial charge in [-0.25, -0.2) is 0 Å². The molecular weight excluding hydrogens is 228 g/mol. The lowest BCUT2D eigenvalue weighted by Gasteiger charge is -2.27. The summed E-state index contributed by atoms with van der Waals surface area (Å²) < 4.78 is 9.95. The lowest BCUT2D eigenvalue weighted by molar-refractivity contribution is -0.167. The number of ether oxygens (including phenoxy) is 2. The molecule has 0 aliphatic heterocycles. The first-order chi connectivity index (χ1) is 7.99. The van der Waals surface area contributed by atoms with Gasteiger partial charge in [-0.05, 0) is 12.8 Å². The normalized spacial score (nSPS) is 16.2. The van der Waals surface area contributed by atoms with E-state index >= 15 is 0 Å². The van der Waals surface area contributed by atoms with Crippen LogP contribution in [0.1, 0.15) is 26.7 Å². The fourth-order valence-corrected chi connectivity index (χ4v) is 1.75. The average Bonchev–Trinajstić information content (AvgIpc) is 2.25. The third-order valence-corrected chi connectivity index (χ3v) is 2.69. The summed E-state index contributed by atoms with van der Waals surface area (Å²) in [4.78, 5) is 22.1. The van der Waals surface area contributed by atoms with Gasteiger partial charge in [0.2, 0.25) is 0 Å². The van der Waals surface area contributed by atoms with Gasteiger partial charge in [0.1, 0.15) is 6.79 Å². The van der Waals surface area contributed by atoms with Crippen LogP contribution in [-0.2, 0) is 19.1 Å². The first kappa shape index (κ1) is 15.9. The number of hydrogen-bond acceptors (Lipinski definition) is 4. The lowest BCUT2D eigenvalue weighted by atomic mass is 9.87. The molecule has 0 aromatic heterocycles. The Balaban J connectivity index is 4.93. The highest BCUT2D eigenvalue weighted by Crippen LogP contribution is 2.23. The van der Waals surface area contributed by atoms with E-state index in [4.69, 9.17) is 19.7 Å². The fourth-order valence-electron chi connectivity index (χ4n) is 1.75. The molecule has 0 heterocycles. The Morgan fingerprint density at radius 2 is 1.47 bits per heavy atom. The third-order valence-electron chi connectivity index (χ3n) is 2.69. The van der Waals surface area contributed by atoms with Crippen molar-refractivity contribution in [2.45, 2.75) is 32.8 Å². The minimum atomic E-state index is -1.05. The molecular formula is C11H20O6. The van der Waals surface area contributed by atoms with Gasteiger partial charge in [0, 0.05) is 7.11 Å². The number of carboxylic acids is 2. The van der Waals surface area contributed by atoms with Crippen LogP contribution in [0.2, 0.25) is 0 Å². The van der Waals surface area contributed by atoms with Crippen LogP contribution in [0.4, 0.5) is 0 Å². The number of carbonyl (C=O) groups is 2. The van der Waals surface area contributed by atoms with Gasteiger partial charge in [0.25, 0.3) is 0 Å². The number of rotatable bonds is 9. The fraction of sp³-hybridized carbons (Fsp3) is 0.818. The standard InChI is InChI=1S/C11H20O6/c1-4-7(10(12)13)9(17-6-16-3)8(5-2)11(14)15/h7-9H,4-6H2,1-3H3,(H,12,13)(H,14,15). The van der Waals surface area contributed by atoms with Crippen LogP contribution in [0, 0.1) is 11.8 Å². The average molecular weight is 248 g/mol. The SMILES string of the molecule is CCC(C(=O)O)C(OCOC)C(CC)C(=O)O. The number of aliphatic carboxylic acids is 2. The van der Waals surface area contributed by atoms with E-state index in [2.05, 4.69) is 0 Å². The van der Waals surface area contributed by atoms with E-state index in [0.717, 1.165) is 0 Å². The molecule has 0 aliphatic carbocycles. The zero-order chi connectivity index (χ0) is 13.4. The molecule has 0 fully saturated rings. The molecule has 0 saturated carbocycles. The second-order valence-electron chi connectivity index (χ2n) is 3.74. The van der Waals surface area contributed by atoms with Crippen LogP contribution >= 0.6 is 0 Å². The van der Waals surface area contributed by atoms with E-state index in [9.17, 15) is 9.59 Å². The van der Waals surface area contributed by atoms with Crippen molar-refractivity contribution < 1.29 is 29.3 Å². The van der Waals surface area contributed by atoms with Crippen LogP contribution in [0.15, 0.2) is 0 Å². The van der Waals surface area contributed by atoms with Crippen molar-refractivity contribution >= 4 is 11.9 Å². The predicted molar refractivity (Wildman–Crippen MR) is 59.6 cm³/mol. The van der Waals surface area contributed by atoms with Crippen molar-refractivity contribution in [2.75, 3.05) is 13.9 Å². The van der Waals surface area contributed by atoms with Gasteiger partial charge in [0.15, 0.2) is 0 Å². The van der Waals surface area contributed by atoms with Gasteiger partial charge < -0.3 is 19.7 Å². The quantitative estimate of drug-likeness (QED) is 0.595. The molecule has 2 N–H and O–H groups in total. The largest absolute Gasteiger partial charge is 0.481 e. The second-order valence-corrected chi connectivity index (χ2v) is 3.74. The van der Waals surface area contributed by atoms with Crippen molar-refractivity contribution in [3.8, 4) is 0 Å². The van der Waals surface area contributed by atoms with Crippen molar-refractivity contribution in [3.05, 3.63) is 0 Å². The molecule has 0 bridgehead atoms. The van der Waals surface area contributed by atoms with E-state index < -0.39 is 29.9 Å². The highest BCUT2D eigenvalue weighted by atomic mass is 16.7. The molecule has 0 spiro atoms. The first-order valence-electron chi connectivity index (χ1n) is 5.55. The Morgan fingerprint density at radius 3 is 1.71 bits per heavy atom. The van der Waals surface area contributed by atoms with E-state index in [0.29, 0.717) is 12.8 Å². The molecule has 0 radical (unpaired) electrons. The molecule has 0 amide bonds.